The van der Waals surface area contributed by atoms with Gasteiger partial charge in [0.1, 0.15) is 5.82 Å². The Balaban J connectivity index is 2.56. The number of anilines is 1. The van der Waals surface area contributed by atoms with E-state index in [0.29, 0.717) is 5.82 Å². The first-order valence-corrected chi connectivity index (χ1v) is 5.90. The van der Waals surface area contributed by atoms with Gasteiger partial charge in [-0.1, -0.05) is 0 Å². The van der Waals surface area contributed by atoms with Crippen molar-refractivity contribution < 1.29 is 14.7 Å². The molecule has 5 nitrogen and oxygen atoms in total. The Hall–Kier alpha value is -0.950. The summed E-state index contributed by atoms with van der Waals surface area (Å²) in [5.74, 6) is -0.991. The molecular formula is C9H8Br2N2O3. The molecule has 0 atom stereocenters. The Morgan fingerprint density at radius 2 is 2.00 bits per heavy atom. The predicted octanol–water partition coefficient (Wildman–Crippen LogP) is 2.41. The molecule has 0 spiro atoms. The summed E-state index contributed by atoms with van der Waals surface area (Å²) in [4.78, 5) is 25.5. The van der Waals surface area contributed by atoms with Crippen LogP contribution in [0.4, 0.5) is 5.82 Å². The summed E-state index contributed by atoms with van der Waals surface area (Å²) >= 11 is 6.51. The summed E-state index contributed by atoms with van der Waals surface area (Å²) in [5, 5.41) is 10.9. The van der Waals surface area contributed by atoms with Crippen LogP contribution in [0.25, 0.3) is 0 Å². The monoisotopic (exact) mass is 350 g/mol. The van der Waals surface area contributed by atoms with Crippen LogP contribution in [0.3, 0.4) is 0 Å². The Kier molecular flexibility index (Phi) is 4.88. The van der Waals surface area contributed by atoms with Crippen LogP contribution in [-0.2, 0) is 9.59 Å². The van der Waals surface area contributed by atoms with Gasteiger partial charge in [0.05, 0.1) is 10.9 Å². The summed E-state index contributed by atoms with van der Waals surface area (Å²) < 4.78 is 1.53. The first-order valence-electron chi connectivity index (χ1n) is 4.31. The highest BCUT2D eigenvalue weighted by atomic mass is 79.9. The second-order valence-electron chi connectivity index (χ2n) is 2.93. The van der Waals surface area contributed by atoms with Crippen molar-refractivity contribution in [2.24, 2.45) is 0 Å². The van der Waals surface area contributed by atoms with E-state index in [9.17, 15) is 9.59 Å². The van der Waals surface area contributed by atoms with Gasteiger partial charge in [-0.05, 0) is 37.9 Å². The highest BCUT2D eigenvalue weighted by molar-refractivity contribution is 9.13. The fourth-order valence-electron chi connectivity index (χ4n) is 0.908. The number of carboxylic acid groups (broad SMARTS) is 1. The highest BCUT2D eigenvalue weighted by Crippen LogP contribution is 2.23. The van der Waals surface area contributed by atoms with Gasteiger partial charge in [0, 0.05) is 17.1 Å². The average Bonchev–Trinajstić information content (AvgIpc) is 2.21. The van der Waals surface area contributed by atoms with Gasteiger partial charge in [-0.2, -0.15) is 0 Å². The maximum Gasteiger partial charge on any atom is 0.303 e. The Morgan fingerprint density at radius 3 is 2.56 bits per heavy atom. The smallest absolute Gasteiger partial charge is 0.303 e. The van der Waals surface area contributed by atoms with Crippen molar-refractivity contribution >= 4 is 49.6 Å². The molecular weight excluding hydrogens is 344 g/mol. The number of hydrogen-bond acceptors (Lipinski definition) is 3. The number of hydrogen-bond donors (Lipinski definition) is 2. The predicted molar refractivity (Wildman–Crippen MR) is 65.1 cm³/mol. The van der Waals surface area contributed by atoms with Gasteiger partial charge in [-0.15, -0.1) is 0 Å². The number of amides is 1. The maximum absolute atomic E-state index is 11.3. The number of aliphatic carboxylic acids is 1. The number of aromatic nitrogens is 1. The molecule has 86 valence electrons. The van der Waals surface area contributed by atoms with Crippen molar-refractivity contribution in [1.82, 2.24) is 4.98 Å². The van der Waals surface area contributed by atoms with Gasteiger partial charge in [-0.3, -0.25) is 9.59 Å². The van der Waals surface area contributed by atoms with Gasteiger partial charge in [-0.25, -0.2) is 4.98 Å². The molecule has 1 aromatic heterocycles. The van der Waals surface area contributed by atoms with Crippen LogP contribution in [-0.4, -0.2) is 22.0 Å². The summed E-state index contributed by atoms with van der Waals surface area (Å²) in [6, 6.07) is 1.63. The molecule has 1 aromatic rings. The molecule has 0 aliphatic rings. The average molecular weight is 352 g/mol. The molecule has 0 fully saturated rings. The van der Waals surface area contributed by atoms with Crippen LogP contribution in [0.5, 0.6) is 0 Å². The lowest BCUT2D eigenvalue weighted by Gasteiger charge is -2.04. The number of nitrogens with one attached hydrogen (secondary N) is 1. The van der Waals surface area contributed by atoms with Crippen LogP contribution < -0.4 is 5.32 Å². The molecule has 2 N–H and O–H groups in total. The summed E-state index contributed by atoms with van der Waals surface area (Å²) in [6.07, 6.45) is 1.28. The van der Waals surface area contributed by atoms with Crippen molar-refractivity contribution in [3.8, 4) is 0 Å². The van der Waals surface area contributed by atoms with E-state index in [0.717, 1.165) is 8.95 Å². The van der Waals surface area contributed by atoms with Gasteiger partial charge in [0.2, 0.25) is 5.91 Å². The lowest BCUT2D eigenvalue weighted by Crippen LogP contribution is -2.14. The lowest BCUT2D eigenvalue weighted by atomic mass is 10.3. The molecule has 0 aliphatic carbocycles. The third kappa shape index (κ3) is 4.28. The quantitative estimate of drug-likeness (QED) is 0.873. The Morgan fingerprint density at radius 1 is 1.31 bits per heavy atom. The minimum absolute atomic E-state index is 0.0648. The number of carbonyl (C=O) groups excluding carboxylic acids is 1. The van der Waals surface area contributed by atoms with E-state index >= 15 is 0 Å². The maximum atomic E-state index is 11.3. The molecule has 0 radical (unpaired) electrons. The molecule has 7 heteroatoms. The standard InChI is InChI=1S/C9H8Br2N2O3/c10-5-3-7(12-4-6(5)11)13-8(14)1-2-9(15)16/h3-4H,1-2H2,(H,15,16)(H,12,13,14). The minimum atomic E-state index is -1.000. The summed E-state index contributed by atoms with van der Waals surface area (Å²) in [6.45, 7) is 0. The van der Waals surface area contributed by atoms with Crippen LogP contribution >= 0.6 is 31.9 Å². The normalized spacial score (nSPS) is 9.88. The van der Waals surface area contributed by atoms with E-state index in [2.05, 4.69) is 42.2 Å². The Bertz CT molecular complexity index is 423. The fourth-order valence-corrected chi connectivity index (χ4v) is 1.44. The van der Waals surface area contributed by atoms with Gasteiger partial charge in [0.25, 0.3) is 0 Å². The number of rotatable bonds is 4. The molecule has 0 saturated carbocycles. The van der Waals surface area contributed by atoms with Crippen LogP contribution in [0.2, 0.25) is 0 Å². The van der Waals surface area contributed by atoms with E-state index in [1.807, 2.05) is 0 Å². The van der Waals surface area contributed by atoms with Crippen molar-refractivity contribution in [3.63, 3.8) is 0 Å². The van der Waals surface area contributed by atoms with E-state index in [-0.39, 0.29) is 18.7 Å². The molecule has 0 aliphatic heterocycles. The molecule has 0 unspecified atom stereocenters. The topological polar surface area (TPSA) is 79.3 Å². The minimum Gasteiger partial charge on any atom is -0.481 e. The molecule has 0 bridgehead atoms. The summed E-state index contributed by atoms with van der Waals surface area (Å²) in [5.41, 5.74) is 0. The first kappa shape index (κ1) is 13.1. The zero-order valence-corrected chi connectivity index (χ0v) is 11.2. The zero-order chi connectivity index (χ0) is 12.1. The molecule has 16 heavy (non-hydrogen) atoms. The molecule has 1 rings (SSSR count). The molecule has 0 aromatic carbocycles. The van der Waals surface area contributed by atoms with E-state index < -0.39 is 5.97 Å². The SMILES string of the molecule is O=C(O)CCC(=O)Nc1cc(Br)c(Br)cn1. The number of pyridine rings is 1. The van der Waals surface area contributed by atoms with Gasteiger partial charge < -0.3 is 10.4 Å². The second-order valence-corrected chi connectivity index (χ2v) is 4.63. The molecule has 1 heterocycles. The third-order valence-corrected chi connectivity index (χ3v) is 3.46. The van der Waals surface area contributed by atoms with Crippen LogP contribution in [0.15, 0.2) is 21.2 Å². The van der Waals surface area contributed by atoms with E-state index in [1.165, 1.54) is 6.20 Å². The van der Waals surface area contributed by atoms with E-state index in [1.54, 1.807) is 6.07 Å². The van der Waals surface area contributed by atoms with Crippen molar-refractivity contribution in [2.75, 3.05) is 5.32 Å². The second kappa shape index (κ2) is 5.95. The fraction of sp³-hybridized carbons (Fsp3) is 0.222. The largest absolute Gasteiger partial charge is 0.481 e. The van der Waals surface area contributed by atoms with Crippen molar-refractivity contribution in [3.05, 3.63) is 21.2 Å². The van der Waals surface area contributed by atoms with Crippen molar-refractivity contribution in [2.45, 2.75) is 12.8 Å². The van der Waals surface area contributed by atoms with E-state index in [4.69, 9.17) is 5.11 Å². The number of carboxylic acids is 1. The number of halogens is 2. The van der Waals surface area contributed by atoms with Gasteiger partial charge in [0.15, 0.2) is 0 Å². The van der Waals surface area contributed by atoms with Crippen LogP contribution in [0.1, 0.15) is 12.8 Å². The van der Waals surface area contributed by atoms with Gasteiger partial charge >= 0.3 is 5.97 Å². The molecule has 1 amide bonds. The zero-order valence-electron chi connectivity index (χ0n) is 8.04. The summed E-state index contributed by atoms with van der Waals surface area (Å²) in [7, 11) is 0. The van der Waals surface area contributed by atoms with Crippen LogP contribution in [0, 0.1) is 0 Å². The first-order chi connectivity index (χ1) is 7.49. The Labute approximate surface area is 109 Å². The third-order valence-electron chi connectivity index (χ3n) is 1.64. The van der Waals surface area contributed by atoms with Crippen molar-refractivity contribution in [1.29, 1.82) is 0 Å². The number of carbonyl (C=O) groups is 2. The lowest BCUT2D eigenvalue weighted by molar-refractivity contribution is -0.138. The highest BCUT2D eigenvalue weighted by Gasteiger charge is 2.07. The molecule has 0 saturated heterocycles. The number of nitrogens with zero attached hydrogens (tertiary/aromatic N) is 1.